The predicted molar refractivity (Wildman–Crippen MR) is 78.7 cm³/mol. The Balaban J connectivity index is 2.44. The van der Waals surface area contributed by atoms with Crippen molar-refractivity contribution in [3.05, 3.63) is 17.0 Å². The van der Waals surface area contributed by atoms with Crippen LogP contribution >= 0.6 is 23.1 Å². The van der Waals surface area contributed by atoms with Crippen LogP contribution in [0.5, 0.6) is 0 Å². The second-order valence-corrected chi connectivity index (χ2v) is 7.80. The first kappa shape index (κ1) is 16.5. The number of nitrogens with one attached hydrogen (secondary N) is 1. The normalized spacial score (nSPS) is 11.6. The summed E-state index contributed by atoms with van der Waals surface area (Å²) in [4.78, 5) is 10.7. The van der Waals surface area contributed by atoms with Crippen LogP contribution < -0.4 is 4.72 Å². The number of thiophene rings is 1. The topological polar surface area (TPSA) is 83.5 Å². The molecule has 0 saturated heterocycles. The summed E-state index contributed by atoms with van der Waals surface area (Å²) in [6, 6.07) is 1.18. The van der Waals surface area contributed by atoms with E-state index in [1.807, 2.05) is 6.26 Å². The second kappa shape index (κ2) is 7.88. The van der Waals surface area contributed by atoms with Crippen molar-refractivity contribution in [2.24, 2.45) is 0 Å². The molecule has 0 radical (unpaired) electrons. The summed E-state index contributed by atoms with van der Waals surface area (Å²) in [5, 5.41) is 10.1. The number of aromatic carboxylic acids is 1. The summed E-state index contributed by atoms with van der Waals surface area (Å²) in [6.45, 7) is 0.386. The molecule has 1 aromatic heterocycles. The lowest BCUT2D eigenvalue weighted by Crippen LogP contribution is -2.24. The summed E-state index contributed by atoms with van der Waals surface area (Å²) in [6.07, 6.45) is 4.88. The minimum atomic E-state index is -3.57. The van der Waals surface area contributed by atoms with E-state index in [1.54, 1.807) is 11.8 Å². The van der Waals surface area contributed by atoms with Crippen LogP contribution in [0.15, 0.2) is 15.7 Å². The molecule has 0 saturated carbocycles. The summed E-state index contributed by atoms with van der Waals surface area (Å²) >= 11 is 2.70. The van der Waals surface area contributed by atoms with Crippen molar-refractivity contribution in [3.8, 4) is 0 Å². The molecule has 1 rings (SSSR count). The molecule has 8 heteroatoms. The summed E-state index contributed by atoms with van der Waals surface area (Å²) < 4.78 is 26.3. The maximum Gasteiger partial charge on any atom is 0.336 e. The SMILES string of the molecule is CSCCCCCNS(=O)(=O)c1cc(C(=O)O)cs1. The third-order valence-corrected chi connectivity index (χ3v) is 6.00. The number of hydrogen-bond donors (Lipinski definition) is 2. The van der Waals surface area contributed by atoms with Crippen molar-refractivity contribution in [2.45, 2.75) is 23.5 Å². The second-order valence-electron chi connectivity index (χ2n) is 3.91. The molecule has 0 aliphatic rings. The smallest absolute Gasteiger partial charge is 0.336 e. The van der Waals surface area contributed by atoms with E-state index in [1.165, 1.54) is 11.4 Å². The Labute approximate surface area is 121 Å². The molecular formula is C11H17NO4S3. The zero-order valence-electron chi connectivity index (χ0n) is 10.6. The van der Waals surface area contributed by atoms with Gasteiger partial charge in [0.1, 0.15) is 4.21 Å². The Morgan fingerprint density at radius 1 is 1.42 bits per heavy atom. The Morgan fingerprint density at radius 2 is 2.16 bits per heavy atom. The van der Waals surface area contributed by atoms with E-state index >= 15 is 0 Å². The molecule has 1 aromatic rings. The first-order valence-corrected chi connectivity index (χ1v) is 9.53. The Morgan fingerprint density at radius 3 is 2.74 bits per heavy atom. The van der Waals surface area contributed by atoms with Crippen LogP contribution in [0.3, 0.4) is 0 Å². The van der Waals surface area contributed by atoms with Gasteiger partial charge < -0.3 is 5.11 Å². The average molecular weight is 323 g/mol. The van der Waals surface area contributed by atoms with E-state index in [4.69, 9.17) is 5.11 Å². The number of hydrogen-bond acceptors (Lipinski definition) is 5. The Bertz CT molecular complexity index is 510. The van der Waals surface area contributed by atoms with Crippen LogP contribution in [0.1, 0.15) is 29.6 Å². The summed E-state index contributed by atoms with van der Waals surface area (Å²) in [5.74, 6) is -0.0330. The third kappa shape index (κ3) is 5.52. The number of carboxylic acids is 1. The predicted octanol–water partition coefficient (Wildman–Crippen LogP) is 2.26. The van der Waals surface area contributed by atoms with Gasteiger partial charge in [-0.2, -0.15) is 11.8 Å². The molecule has 5 nitrogen and oxygen atoms in total. The number of unbranched alkanes of at least 4 members (excludes halogenated alkanes) is 2. The van der Waals surface area contributed by atoms with Gasteiger partial charge in [0.15, 0.2) is 0 Å². The highest BCUT2D eigenvalue weighted by molar-refractivity contribution is 7.98. The molecule has 0 amide bonds. The van der Waals surface area contributed by atoms with Crippen molar-refractivity contribution in [2.75, 3.05) is 18.6 Å². The van der Waals surface area contributed by atoms with Gasteiger partial charge in [0, 0.05) is 11.9 Å². The van der Waals surface area contributed by atoms with Gasteiger partial charge in [-0.05, 0) is 30.9 Å². The van der Waals surface area contributed by atoms with Gasteiger partial charge in [0.05, 0.1) is 5.56 Å². The lowest BCUT2D eigenvalue weighted by atomic mass is 10.2. The van der Waals surface area contributed by atoms with E-state index in [0.29, 0.717) is 6.54 Å². The van der Waals surface area contributed by atoms with Crippen LogP contribution in [0.25, 0.3) is 0 Å². The number of thioether (sulfide) groups is 1. The number of sulfonamides is 1. The molecule has 0 fully saturated rings. The van der Waals surface area contributed by atoms with Gasteiger partial charge in [-0.15, -0.1) is 11.3 Å². The maximum absolute atomic E-state index is 11.9. The molecule has 0 bridgehead atoms. The summed E-state index contributed by atoms with van der Waals surface area (Å²) in [5.41, 5.74) is 0.00495. The van der Waals surface area contributed by atoms with Crippen molar-refractivity contribution in [1.29, 1.82) is 0 Å². The van der Waals surface area contributed by atoms with Gasteiger partial charge in [0.2, 0.25) is 10.0 Å². The average Bonchev–Trinajstić information content (AvgIpc) is 2.84. The van der Waals surface area contributed by atoms with E-state index in [0.717, 1.165) is 36.4 Å². The summed E-state index contributed by atoms with van der Waals surface area (Å²) in [7, 11) is -3.57. The molecule has 0 atom stereocenters. The number of carboxylic acid groups (broad SMARTS) is 1. The fraction of sp³-hybridized carbons (Fsp3) is 0.545. The van der Waals surface area contributed by atoms with Crippen LogP contribution in [0.2, 0.25) is 0 Å². The van der Waals surface area contributed by atoms with Crippen molar-refractivity contribution in [1.82, 2.24) is 4.72 Å². The minimum absolute atomic E-state index is 0.00495. The van der Waals surface area contributed by atoms with E-state index < -0.39 is 16.0 Å². The van der Waals surface area contributed by atoms with Crippen molar-refractivity contribution in [3.63, 3.8) is 0 Å². The van der Waals surface area contributed by atoms with E-state index in [9.17, 15) is 13.2 Å². The molecule has 0 spiro atoms. The maximum atomic E-state index is 11.9. The fourth-order valence-corrected chi connectivity index (χ4v) is 4.16. The Kier molecular flexibility index (Phi) is 6.84. The van der Waals surface area contributed by atoms with Gasteiger partial charge in [-0.25, -0.2) is 17.9 Å². The minimum Gasteiger partial charge on any atom is -0.478 e. The van der Waals surface area contributed by atoms with Crippen LogP contribution in [-0.4, -0.2) is 38.0 Å². The van der Waals surface area contributed by atoms with Gasteiger partial charge >= 0.3 is 5.97 Å². The molecule has 0 aromatic carbocycles. The van der Waals surface area contributed by atoms with E-state index in [-0.39, 0.29) is 9.77 Å². The highest BCUT2D eigenvalue weighted by Crippen LogP contribution is 2.20. The fourth-order valence-electron chi connectivity index (χ4n) is 1.40. The van der Waals surface area contributed by atoms with Crippen LogP contribution in [0, 0.1) is 0 Å². The molecule has 1 heterocycles. The molecule has 108 valence electrons. The zero-order chi connectivity index (χ0) is 14.3. The molecule has 0 aliphatic heterocycles. The molecule has 19 heavy (non-hydrogen) atoms. The van der Waals surface area contributed by atoms with Gasteiger partial charge in [0.25, 0.3) is 0 Å². The van der Waals surface area contributed by atoms with E-state index in [2.05, 4.69) is 4.72 Å². The lowest BCUT2D eigenvalue weighted by molar-refractivity contribution is 0.0697. The molecule has 0 aliphatic carbocycles. The van der Waals surface area contributed by atoms with Gasteiger partial charge in [-0.3, -0.25) is 0 Å². The Hall–Kier alpha value is -0.570. The molecular weight excluding hydrogens is 306 g/mol. The largest absolute Gasteiger partial charge is 0.478 e. The molecule has 0 unspecified atom stereocenters. The van der Waals surface area contributed by atoms with Crippen LogP contribution in [-0.2, 0) is 10.0 Å². The highest BCUT2D eigenvalue weighted by atomic mass is 32.2. The monoisotopic (exact) mass is 323 g/mol. The standard InChI is InChI=1S/C11H17NO4S3/c1-17-6-4-2-3-5-12-19(15,16)10-7-9(8-18-10)11(13)14/h7-8,12H,2-6H2,1H3,(H,13,14). The van der Waals surface area contributed by atoms with Crippen molar-refractivity contribution >= 4 is 39.1 Å². The number of rotatable bonds is 9. The van der Waals surface area contributed by atoms with Crippen LogP contribution in [0.4, 0.5) is 0 Å². The third-order valence-electron chi connectivity index (χ3n) is 2.40. The zero-order valence-corrected chi connectivity index (χ0v) is 13.0. The molecule has 2 N–H and O–H groups in total. The number of carbonyl (C=O) groups is 1. The quantitative estimate of drug-likeness (QED) is 0.681. The van der Waals surface area contributed by atoms with Gasteiger partial charge in [-0.1, -0.05) is 6.42 Å². The first-order valence-electron chi connectivity index (χ1n) is 5.78. The lowest BCUT2D eigenvalue weighted by Gasteiger charge is -2.04. The van der Waals surface area contributed by atoms with Crippen molar-refractivity contribution < 1.29 is 18.3 Å². The first-order chi connectivity index (χ1) is 8.97. The highest BCUT2D eigenvalue weighted by Gasteiger charge is 2.18.